The van der Waals surface area contributed by atoms with E-state index in [1.54, 1.807) is 0 Å². The Labute approximate surface area is 117 Å². The van der Waals surface area contributed by atoms with E-state index < -0.39 is 0 Å². The van der Waals surface area contributed by atoms with Crippen molar-refractivity contribution in [3.05, 3.63) is 50.9 Å². The van der Waals surface area contributed by atoms with Crippen LogP contribution >= 0.6 is 31.9 Å². The molecule has 0 heterocycles. The average Bonchev–Trinajstić information content (AvgIpc) is 2.30. The molecular weight excluding hydrogens is 344 g/mol. The number of nitrogens with one attached hydrogen (secondary N) is 1. The van der Waals surface area contributed by atoms with Gasteiger partial charge in [0.2, 0.25) is 0 Å². The van der Waals surface area contributed by atoms with Gasteiger partial charge in [0.25, 0.3) is 0 Å². The van der Waals surface area contributed by atoms with Crippen LogP contribution in [0.5, 0.6) is 0 Å². The van der Waals surface area contributed by atoms with Crippen LogP contribution in [0.3, 0.4) is 0 Å². The molecule has 2 rings (SSSR count). The molecule has 3 N–H and O–H groups in total. The van der Waals surface area contributed by atoms with E-state index in [4.69, 9.17) is 5.73 Å². The van der Waals surface area contributed by atoms with Gasteiger partial charge >= 0.3 is 0 Å². The summed E-state index contributed by atoms with van der Waals surface area (Å²) < 4.78 is 2.02. The normalized spacial score (nSPS) is 10.3. The number of aryl methyl sites for hydroxylation is 1. The highest BCUT2D eigenvalue weighted by Gasteiger charge is 2.05. The second-order valence-corrected chi connectivity index (χ2v) is 5.56. The van der Waals surface area contributed by atoms with Crippen LogP contribution < -0.4 is 11.1 Å². The number of hydrogen-bond donors (Lipinski definition) is 2. The Morgan fingerprint density at radius 2 is 1.82 bits per heavy atom. The Morgan fingerprint density at radius 3 is 2.59 bits per heavy atom. The molecule has 0 radical (unpaired) electrons. The van der Waals surface area contributed by atoms with Gasteiger partial charge in [0.15, 0.2) is 0 Å². The van der Waals surface area contributed by atoms with Crippen LogP contribution in [0.25, 0.3) is 0 Å². The molecule has 0 spiro atoms. The van der Waals surface area contributed by atoms with Crippen molar-refractivity contribution in [1.29, 1.82) is 0 Å². The van der Waals surface area contributed by atoms with Crippen molar-refractivity contribution in [2.75, 3.05) is 11.1 Å². The SMILES string of the molecule is Cc1cccc(Nc2cc(Br)ccc2Br)c1N. The summed E-state index contributed by atoms with van der Waals surface area (Å²) in [4.78, 5) is 0. The van der Waals surface area contributed by atoms with E-state index in [1.807, 2.05) is 43.3 Å². The number of nitrogens with two attached hydrogens (primary N) is 1. The van der Waals surface area contributed by atoms with E-state index in [9.17, 15) is 0 Å². The molecule has 88 valence electrons. The lowest BCUT2D eigenvalue weighted by Gasteiger charge is -2.12. The highest BCUT2D eigenvalue weighted by Crippen LogP contribution is 2.31. The van der Waals surface area contributed by atoms with Gasteiger partial charge in [-0.2, -0.15) is 0 Å². The van der Waals surface area contributed by atoms with Gasteiger partial charge in [-0.3, -0.25) is 0 Å². The summed E-state index contributed by atoms with van der Waals surface area (Å²) >= 11 is 6.96. The van der Waals surface area contributed by atoms with Gasteiger partial charge < -0.3 is 11.1 Å². The highest BCUT2D eigenvalue weighted by atomic mass is 79.9. The summed E-state index contributed by atoms with van der Waals surface area (Å²) in [6, 6.07) is 11.9. The van der Waals surface area contributed by atoms with E-state index in [0.29, 0.717) is 0 Å². The molecule has 2 nitrogen and oxygen atoms in total. The maximum absolute atomic E-state index is 6.03. The molecule has 0 aliphatic heterocycles. The number of anilines is 3. The number of benzene rings is 2. The highest BCUT2D eigenvalue weighted by molar-refractivity contribution is 9.11. The second kappa shape index (κ2) is 5.10. The van der Waals surface area contributed by atoms with Crippen molar-refractivity contribution < 1.29 is 0 Å². The Balaban J connectivity index is 2.38. The lowest BCUT2D eigenvalue weighted by molar-refractivity contribution is 1.44. The number of rotatable bonds is 2. The van der Waals surface area contributed by atoms with Crippen LogP contribution in [0, 0.1) is 6.92 Å². The van der Waals surface area contributed by atoms with Gasteiger partial charge in [0.1, 0.15) is 0 Å². The molecule has 0 bridgehead atoms. The molecule has 0 atom stereocenters. The van der Waals surface area contributed by atoms with E-state index in [0.717, 1.165) is 31.6 Å². The average molecular weight is 356 g/mol. The molecule has 0 amide bonds. The summed E-state index contributed by atoms with van der Waals surface area (Å²) in [5.41, 5.74) is 9.78. The van der Waals surface area contributed by atoms with Crippen LogP contribution in [0.4, 0.5) is 17.1 Å². The van der Waals surface area contributed by atoms with Crippen LogP contribution in [-0.2, 0) is 0 Å². The topological polar surface area (TPSA) is 38.0 Å². The molecule has 0 aliphatic rings. The lowest BCUT2D eigenvalue weighted by atomic mass is 10.1. The molecular formula is C13H12Br2N2. The molecule has 0 unspecified atom stereocenters. The Kier molecular flexibility index (Phi) is 3.74. The fraction of sp³-hybridized carbons (Fsp3) is 0.0769. The first-order valence-corrected chi connectivity index (χ1v) is 6.73. The van der Waals surface area contributed by atoms with E-state index in [1.165, 1.54) is 0 Å². The molecule has 17 heavy (non-hydrogen) atoms. The second-order valence-electron chi connectivity index (χ2n) is 3.79. The zero-order valence-corrected chi connectivity index (χ0v) is 12.5. The Bertz CT molecular complexity index is 553. The summed E-state index contributed by atoms with van der Waals surface area (Å²) in [6.07, 6.45) is 0. The summed E-state index contributed by atoms with van der Waals surface area (Å²) in [5.74, 6) is 0. The third-order valence-corrected chi connectivity index (χ3v) is 3.71. The molecule has 0 aliphatic carbocycles. The van der Waals surface area contributed by atoms with Gasteiger partial charge in [0.05, 0.1) is 17.1 Å². The van der Waals surface area contributed by atoms with Crippen molar-refractivity contribution >= 4 is 48.9 Å². The lowest BCUT2D eigenvalue weighted by Crippen LogP contribution is -1.98. The summed E-state index contributed by atoms with van der Waals surface area (Å²) in [5, 5.41) is 3.32. The molecule has 0 saturated heterocycles. The molecule has 4 heteroatoms. The number of hydrogen-bond acceptors (Lipinski definition) is 2. The molecule has 0 aromatic heterocycles. The van der Waals surface area contributed by atoms with E-state index in [2.05, 4.69) is 37.2 Å². The first-order chi connectivity index (χ1) is 8.08. The van der Waals surface area contributed by atoms with Crippen molar-refractivity contribution in [3.8, 4) is 0 Å². The van der Waals surface area contributed by atoms with Crippen LogP contribution in [0.1, 0.15) is 5.56 Å². The predicted octanol–water partition coefficient (Wildman–Crippen LogP) is 4.85. The van der Waals surface area contributed by atoms with Gasteiger partial charge in [-0.25, -0.2) is 0 Å². The summed E-state index contributed by atoms with van der Waals surface area (Å²) in [6.45, 7) is 2.00. The number of nitrogen functional groups attached to an aromatic ring is 1. The Morgan fingerprint density at radius 1 is 1.06 bits per heavy atom. The largest absolute Gasteiger partial charge is 0.397 e. The predicted molar refractivity (Wildman–Crippen MR) is 80.7 cm³/mol. The van der Waals surface area contributed by atoms with Crippen molar-refractivity contribution in [3.63, 3.8) is 0 Å². The zero-order chi connectivity index (χ0) is 12.4. The van der Waals surface area contributed by atoms with Gasteiger partial charge in [0, 0.05) is 8.95 Å². The van der Waals surface area contributed by atoms with Crippen LogP contribution in [0.15, 0.2) is 45.3 Å². The number of para-hydroxylation sites is 1. The third kappa shape index (κ3) is 2.82. The van der Waals surface area contributed by atoms with E-state index in [-0.39, 0.29) is 0 Å². The molecule has 0 fully saturated rings. The standard InChI is InChI=1S/C13H12Br2N2/c1-8-3-2-4-11(13(8)16)17-12-7-9(14)5-6-10(12)15/h2-7,17H,16H2,1H3. The minimum atomic E-state index is 0.777. The third-order valence-electron chi connectivity index (χ3n) is 2.52. The maximum atomic E-state index is 6.03. The van der Waals surface area contributed by atoms with Crippen molar-refractivity contribution in [1.82, 2.24) is 0 Å². The van der Waals surface area contributed by atoms with Crippen LogP contribution in [0.2, 0.25) is 0 Å². The minimum absolute atomic E-state index is 0.777. The quantitative estimate of drug-likeness (QED) is 0.756. The molecule has 0 saturated carbocycles. The monoisotopic (exact) mass is 354 g/mol. The fourth-order valence-corrected chi connectivity index (χ4v) is 2.23. The first kappa shape index (κ1) is 12.5. The first-order valence-electron chi connectivity index (χ1n) is 5.15. The van der Waals surface area contributed by atoms with E-state index >= 15 is 0 Å². The maximum Gasteiger partial charge on any atom is 0.0620 e. The summed E-state index contributed by atoms with van der Waals surface area (Å²) in [7, 11) is 0. The van der Waals surface area contributed by atoms with Gasteiger partial charge in [-0.1, -0.05) is 28.1 Å². The fourth-order valence-electron chi connectivity index (χ4n) is 1.53. The van der Waals surface area contributed by atoms with Gasteiger partial charge in [-0.05, 0) is 52.7 Å². The molecule has 2 aromatic rings. The zero-order valence-electron chi connectivity index (χ0n) is 9.30. The van der Waals surface area contributed by atoms with Gasteiger partial charge in [-0.15, -0.1) is 0 Å². The van der Waals surface area contributed by atoms with Crippen LogP contribution in [-0.4, -0.2) is 0 Å². The van der Waals surface area contributed by atoms with Crippen molar-refractivity contribution in [2.45, 2.75) is 6.92 Å². The number of halogens is 2. The van der Waals surface area contributed by atoms with Crippen molar-refractivity contribution in [2.24, 2.45) is 0 Å². The minimum Gasteiger partial charge on any atom is -0.397 e. The molecule has 2 aromatic carbocycles. The smallest absolute Gasteiger partial charge is 0.0620 e. The Hall–Kier alpha value is -1.00.